The highest BCUT2D eigenvalue weighted by Crippen LogP contribution is 2.22. The first kappa shape index (κ1) is 15.5. The van der Waals surface area contributed by atoms with Crippen LogP contribution in [0.3, 0.4) is 0 Å². The molecule has 1 atom stereocenters. The Morgan fingerprint density at radius 1 is 1.48 bits per heavy atom. The standard InChI is InChI=1S/C15H24N4O2/c1-15(2,3)21-14(20)19-9-5-6-12(19)11-18(4)13-10-16-7-8-17-13/h7-8,10,12H,5-6,9,11H2,1-4H3/t12-/m1/s1. The maximum Gasteiger partial charge on any atom is 0.410 e. The van der Waals surface area contributed by atoms with Gasteiger partial charge < -0.3 is 14.5 Å². The molecule has 1 amide bonds. The van der Waals surface area contributed by atoms with E-state index in [-0.39, 0.29) is 12.1 Å². The lowest BCUT2D eigenvalue weighted by Gasteiger charge is -2.31. The molecule has 116 valence electrons. The molecule has 6 nitrogen and oxygen atoms in total. The number of hydrogen-bond acceptors (Lipinski definition) is 5. The van der Waals surface area contributed by atoms with E-state index in [2.05, 4.69) is 9.97 Å². The molecule has 0 saturated carbocycles. The summed E-state index contributed by atoms with van der Waals surface area (Å²) in [5.74, 6) is 0.813. The number of anilines is 1. The molecule has 1 aliphatic rings. The van der Waals surface area contributed by atoms with E-state index in [1.165, 1.54) is 0 Å². The van der Waals surface area contributed by atoms with Crippen LogP contribution in [0.1, 0.15) is 33.6 Å². The van der Waals surface area contributed by atoms with Crippen LogP contribution in [0.2, 0.25) is 0 Å². The van der Waals surface area contributed by atoms with Gasteiger partial charge in [-0.2, -0.15) is 0 Å². The number of likely N-dealkylation sites (N-methyl/N-ethyl adjacent to an activating group) is 1. The molecule has 0 aliphatic carbocycles. The van der Waals surface area contributed by atoms with Crippen molar-refractivity contribution in [3.8, 4) is 0 Å². The fraction of sp³-hybridized carbons (Fsp3) is 0.667. The van der Waals surface area contributed by atoms with Crippen molar-refractivity contribution in [1.29, 1.82) is 0 Å². The van der Waals surface area contributed by atoms with Crippen LogP contribution in [0.4, 0.5) is 10.6 Å². The van der Waals surface area contributed by atoms with Crippen molar-refractivity contribution in [2.75, 3.05) is 25.0 Å². The molecule has 21 heavy (non-hydrogen) atoms. The van der Waals surface area contributed by atoms with Gasteiger partial charge in [-0.15, -0.1) is 0 Å². The lowest BCUT2D eigenvalue weighted by atomic mass is 10.2. The molecule has 0 radical (unpaired) electrons. The number of likely N-dealkylation sites (tertiary alicyclic amines) is 1. The lowest BCUT2D eigenvalue weighted by Crippen LogP contribution is -2.44. The molecular weight excluding hydrogens is 268 g/mol. The first-order valence-corrected chi connectivity index (χ1v) is 7.33. The minimum Gasteiger partial charge on any atom is -0.444 e. The molecule has 6 heteroatoms. The molecule has 1 aromatic rings. The molecule has 0 aromatic carbocycles. The number of carbonyl (C=O) groups excluding carboxylic acids is 1. The highest BCUT2D eigenvalue weighted by molar-refractivity contribution is 5.69. The fourth-order valence-electron chi connectivity index (χ4n) is 2.48. The van der Waals surface area contributed by atoms with Crippen LogP contribution in [0.15, 0.2) is 18.6 Å². The number of aromatic nitrogens is 2. The van der Waals surface area contributed by atoms with Gasteiger partial charge in [-0.3, -0.25) is 4.98 Å². The normalized spacial score (nSPS) is 18.7. The van der Waals surface area contributed by atoms with E-state index in [1.54, 1.807) is 18.6 Å². The Morgan fingerprint density at radius 3 is 2.86 bits per heavy atom. The van der Waals surface area contributed by atoms with Crippen molar-refractivity contribution in [1.82, 2.24) is 14.9 Å². The number of rotatable bonds is 3. The Bertz CT molecular complexity index is 472. The van der Waals surface area contributed by atoms with Crippen molar-refractivity contribution in [3.63, 3.8) is 0 Å². The van der Waals surface area contributed by atoms with E-state index in [4.69, 9.17) is 4.74 Å². The quantitative estimate of drug-likeness (QED) is 0.855. The Balaban J connectivity index is 1.97. The second kappa shape index (κ2) is 6.28. The first-order chi connectivity index (χ1) is 9.87. The number of amides is 1. The van der Waals surface area contributed by atoms with Gasteiger partial charge >= 0.3 is 6.09 Å². The maximum atomic E-state index is 12.2. The van der Waals surface area contributed by atoms with Crippen LogP contribution in [0.5, 0.6) is 0 Å². The van der Waals surface area contributed by atoms with Gasteiger partial charge in [-0.25, -0.2) is 9.78 Å². The molecule has 1 aromatic heterocycles. The summed E-state index contributed by atoms with van der Waals surface area (Å²) in [6.45, 7) is 7.16. The molecule has 0 bridgehead atoms. The van der Waals surface area contributed by atoms with E-state index in [0.29, 0.717) is 0 Å². The van der Waals surface area contributed by atoms with Crippen LogP contribution in [-0.2, 0) is 4.74 Å². The Morgan fingerprint density at radius 2 is 2.24 bits per heavy atom. The van der Waals surface area contributed by atoms with Crippen molar-refractivity contribution in [2.45, 2.75) is 45.3 Å². The van der Waals surface area contributed by atoms with Crippen LogP contribution in [-0.4, -0.2) is 52.7 Å². The highest BCUT2D eigenvalue weighted by atomic mass is 16.6. The van der Waals surface area contributed by atoms with Crippen molar-refractivity contribution >= 4 is 11.9 Å². The number of ether oxygens (including phenoxy) is 1. The Hall–Kier alpha value is -1.85. The minimum absolute atomic E-state index is 0.159. The molecule has 0 unspecified atom stereocenters. The van der Waals surface area contributed by atoms with E-state index < -0.39 is 5.60 Å². The second-order valence-corrected chi connectivity index (χ2v) is 6.41. The second-order valence-electron chi connectivity index (χ2n) is 6.41. The maximum absolute atomic E-state index is 12.2. The fourth-order valence-corrected chi connectivity index (χ4v) is 2.48. The molecule has 2 heterocycles. The third kappa shape index (κ3) is 4.31. The average molecular weight is 292 g/mol. The Kier molecular flexibility index (Phi) is 4.65. The van der Waals surface area contributed by atoms with Gasteiger partial charge in [0.05, 0.1) is 12.2 Å². The lowest BCUT2D eigenvalue weighted by molar-refractivity contribution is 0.0232. The van der Waals surface area contributed by atoms with E-state index in [0.717, 1.165) is 31.7 Å². The molecule has 2 rings (SSSR count). The van der Waals surface area contributed by atoms with E-state index in [1.807, 2.05) is 37.6 Å². The number of carbonyl (C=O) groups is 1. The smallest absolute Gasteiger partial charge is 0.410 e. The average Bonchev–Trinajstić information content (AvgIpc) is 2.86. The predicted octanol–water partition coefficient (Wildman–Crippen LogP) is 2.31. The highest BCUT2D eigenvalue weighted by Gasteiger charge is 2.32. The van der Waals surface area contributed by atoms with Gasteiger partial charge in [0.15, 0.2) is 0 Å². The topological polar surface area (TPSA) is 58.6 Å². The zero-order valence-electron chi connectivity index (χ0n) is 13.2. The summed E-state index contributed by atoms with van der Waals surface area (Å²) < 4.78 is 5.48. The van der Waals surface area contributed by atoms with Gasteiger partial charge in [0, 0.05) is 32.5 Å². The van der Waals surface area contributed by atoms with Gasteiger partial charge in [-0.05, 0) is 33.6 Å². The van der Waals surface area contributed by atoms with Crippen molar-refractivity contribution in [3.05, 3.63) is 18.6 Å². The van der Waals surface area contributed by atoms with Gasteiger partial charge in [0.25, 0.3) is 0 Å². The number of hydrogen-bond donors (Lipinski definition) is 0. The van der Waals surface area contributed by atoms with Crippen LogP contribution in [0, 0.1) is 0 Å². The summed E-state index contributed by atoms with van der Waals surface area (Å²) in [7, 11) is 1.97. The van der Waals surface area contributed by atoms with Crippen molar-refractivity contribution < 1.29 is 9.53 Å². The summed E-state index contributed by atoms with van der Waals surface area (Å²) in [5.41, 5.74) is -0.457. The summed E-state index contributed by atoms with van der Waals surface area (Å²) in [6.07, 6.45) is 6.83. The summed E-state index contributed by atoms with van der Waals surface area (Å²) >= 11 is 0. The summed E-state index contributed by atoms with van der Waals surface area (Å²) in [5, 5.41) is 0. The molecule has 0 spiro atoms. The summed E-state index contributed by atoms with van der Waals surface area (Å²) in [4.78, 5) is 24.5. The van der Waals surface area contributed by atoms with Crippen LogP contribution in [0.25, 0.3) is 0 Å². The molecule has 1 aliphatic heterocycles. The third-order valence-corrected chi connectivity index (χ3v) is 3.43. The third-order valence-electron chi connectivity index (χ3n) is 3.43. The predicted molar refractivity (Wildman–Crippen MR) is 81.3 cm³/mol. The van der Waals surface area contributed by atoms with Crippen LogP contribution < -0.4 is 4.90 Å². The minimum atomic E-state index is -0.457. The SMILES string of the molecule is CN(C[C@H]1CCCN1C(=O)OC(C)(C)C)c1cnccn1. The number of nitrogens with zero attached hydrogens (tertiary/aromatic N) is 4. The Labute approximate surface area is 126 Å². The largest absolute Gasteiger partial charge is 0.444 e. The molecule has 1 saturated heterocycles. The van der Waals surface area contributed by atoms with Crippen molar-refractivity contribution in [2.24, 2.45) is 0 Å². The summed E-state index contributed by atoms with van der Waals surface area (Å²) in [6, 6.07) is 0.159. The zero-order chi connectivity index (χ0) is 15.5. The monoisotopic (exact) mass is 292 g/mol. The molecule has 0 N–H and O–H groups in total. The van der Waals surface area contributed by atoms with Gasteiger partial charge in [-0.1, -0.05) is 0 Å². The van der Waals surface area contributed by atoms with E-state index >= 15 is 0 Å². The molecule has 1 fully saturated rings. The molecular formula is C15H24N4O2. The van der Waals surface area contributed by atoms with E-state index in [9.17, 15) is 4.79 Å². The zero-order valence-corrected chi connectivity index (χ0v) is 13.2. The van der Waals surface area contributed by atoms with Crippen LogP contribution >= 0.6 is 0 Å². The van der Waals surface area contributed by atoms with Gasteiger partial charge in [0.2, 0.25) is 0 Å². The van der Waals surface area contributed by atoms with Gasteiger partial charge in [0.1, 0.15) is 11.4 Å². The first-order valence-electron chi connectivity index (χ1n) is 7.33.